The number of hydrogen-bond donors (Lipinski definition) is 1. The van der Waals surface area contributed by atoms with Gasteiger partial charge in [0.25, 0.3) is 0 Å². The molecule has 1 aromatic heterocycles. The van der Waals surface area contributed by atoms with Crippen LogP contribution in [0.4, 0.5) is 5.82 Å². The van der Waals surface area contributed by atoms with E-state index < -0.39 is 0 Å². The van der Waals surface area contributed by atoms with E-state index in [9.17, 15) is 0 Å². The average molecular weight is 269 g/mol. The van der Waals surface area contributed by atoms with Crippen LogP contribution >= 0.6 is 0 Å². The minimum atomic E-state index is 0.661. The van der Waals surface area contributed by atoms with Crippen molar-refractivity contribution < 1.29 is 0 Å². The van der Waals surface area contributed by atoms with Gasteiger partial charge in [0.05, 0.1) is 12.9 Å². The topological polar surface area (TPSA) is 53.9 Å². The predicted octanol–water partition coefficient (Wildman–Crippen LogP) is 2.39. The van der Waals surface area contributed by atoms with Gasteiger partial charge in [-0.15, -0.1) is 10.2 Å². The van der Waals surface area contributed by atoms with E-state index in [-0.39, 0.29) is 0 Å². The summed E-state index contributed by atoms with van der Waals surface area (Å²) in [6, 6.07) is 9.89. The van der Waals surface area contributed by atoms with Gasteiger partial charge in [-0.05, 0) is 25.9 Å². The Balaban J connectivity index is 1.58. The molecule has 0 unspecified atom stereocenters. The molecule has 1 N–H and O–H groups in total. The number of nitrogens with one attached hydrogen (secondary N) is 1. The van der Waals surface area contributed by atoms with E-state index in [0.717, 1.165) is 31.1 Å². The standard InChI is InChI=1S/C15H19N5/c1-3-7-13(8-4-1)15-16-11-14(18-19-15)17-12-20-9-5-2-6-10-20/h1,3-4,7-8,11H,2,5-6,9-10,12H2,(H,17,18). The van der Waals surface area contributed by atoms with Crippen LogP contribution in [-0.2, 0) is 0 Å². The molecule has 1 saturated heterocycles. The Hall–Kier alpha value is -2.01. The Morgan fingerprint density at radius 3 is 2.50 bits per heavy atom. The van der Waals surface area contributed by atoms with E-state index in [1.54, 1.807) is 6.20 Å². The summed E-state index contributed by atoms with van der Waals surface area (Å²) >= 11 is 0. The van der Waals surface area contributed by atoms with Gasteiger partial charge in [-0.25, -0.2) is 4.98 Å². The summed E-state index contributed by atoms with van der Waals surface area (Å²) in [5.41, 5.74) is 0.989. The van der Waals surface area contributed by atoms with E-state index in [1.807, 2.05) is 30.3 Å². The number of benzene rings is 1. The highest BCUT2D eigenvalue weighted by molar-refractivity contribution is 5.54. The van der Waals surface area contributed by atoms with Crippen LogP contribution in [0.25, 0.3) is 11.4 Å². The fraction of sp³-hybridized carbons (Fsp3) is 0.400. The number of rotatable bonds is 4. The molecule has 0 atom stereocenters. The first-order valence-corrected chi connectivity index (χ1v) is 7.13. The smallest absolute Gasteiger partial charge is 0.181 e. The highest BCUT2D eigenvalue weighted by Crippen LogP contribution is 2.13. The number of hydrogen-bond acceptors (Lipinski definition) is 5. The van der Waals surface area contributed by atoms with E-state index in [2.05, 4.69) is 25.4 Å². The first-order chi connectivity index (χ1) is 9.92. The highest BCUT2D eigenvalue weighted by Gasteiger charge is 2.09. The lowest BCUT2D eigenvalue weighted by molar-refractivity contribution is 0.243. The van der Waals surface area contributed by atoms with Gasteiger partial charge in [0.2, 0.25) is 0 Å². The quantitative estimate of drug-likeness (QED) is 0.923. The van der Waals surface area contributed by atoms with Gasteiger partial charge in [0, 0.05) is 5.56 Å². The molecule has 1 aliphatic heterocycles. The molecule has 0 bridgehead atoms. The Kier molecular flexibility index (Phi) is 4.18. The van der Waals surface area contributed by atoms with Crippen molar-refractivity contribution in [1.29, 1.82) is 0 Å². The zero-order valence-corrected chi connectivity index (χ0v) is 11.5. The second kappa shape index (κ2) is 6.43. The van der Waals surface area contributed by atoms with Gasteiger partial charge in [-0.1, -0.05) is 36.8 Å². The molecule has 1 aliphatic rings. The van der Waals surface area contributed by atoms with Gasteiger partial charge in [-0.2, -0.15) is 0 Å². The molecule has 0 amide bonds. The van der Waals surface area contributed by atoms with Gasteiger partial charge < -0.3 is 5.32 Å². The maximum Gasteiger partial charge on any atom is 0.181 e. The first kappa shape index (κ1) is 13.0. The molecule has 5 heteroatoms. The predicted molar refractivity (Wildman–Crippen MR) is 79.2 cm³/mol. The van der Waals surface area contributed by atoms with Crippen LogP contribution in [0.15, 0.2) is 36.5 Å². The van der Waals surface area contributed by atoms with Crippen LogP contribution in [0, 0.1) is 0 Å². The zero-order valence-electron chi connectivity index (χ0n) is 11.5. The van der Waals surface area contributed by atoms with Crippen LogP contribution in [-0.4, -0.2) is 39.8 Å². The van der Waals surface area contributed by atoms with Crippen molar-refractivity contribution in [3.63, 3.8) is 0 Å². The van der Waals surface area contributed by atoms with Crippen molar-refractivity contribution >= 4 is 5.82 Å². The van der Waals surface area contributed by atoms with E-state index >= 15 is 0 Å². The Bertz CT molecular complexity index is 520. The molecule has 3 rings (SSSR count). The third-order valence-electron chi connectivity index (χ3n) is 3.53. The Morgan fingerprint density at radius 2 is 1.80 bits per heavy atom. The fourth-order valence-electron chi connectivity index (χ4n) is 2.39. The average Bonchev–Trinajstić information content (AvgIpc) is 2.55. The van der Waals surface area contributed by atoms with Crippen molar-refractivity contribution in [3.8, 4) is 11.4 Å². The minimum Gasteiger partial charge on any atom is -0.355 e. The Labute approximate surface area is 119 Å². The van der Waals surface area contributed by atoms with Crippen molar-refractivity contribution in [1.82, 2.24) is 20.1 Å². The number of likely N-dealkylation sites (tertiary alicyclic amines) is 1. The van der Waals surface area contributed by atoms with Crippen molar-refractivity contribution in [3.05, 3.63) is 36.5 Å². The number of anilines is 1. The van der Waals surface area contributed by atoms with E-state index in [1.165, 1.54) is 19.3 Å². The van der Waals surface area contributed by atoms with Crippen LogP contribution < -0.4 is 5.32 Å². The zero-order chi connectivity index (χ0) is 13.6. The molecule has 2 heterocycles. The molecule has 5 nitrogen and oxygen atoms in total. The summed E-state index contributed by atoms with van der Waals surface area (Å²) in [7, 11) is 0. The van der Waals surface area contributed by atoms with Gasteiger partial charge in [0.15, 0.2) is 11.6 Å². The first-order valence-electron chi connectivity index (χ1n) is 7.13. The van der Waals surface area contributed by atoms with Crippen molar-refractivity contribution in [2.24, 2.45) is 0 Å². The van der Waals surface area contributed by atoms with Gasteiger partial charge in [-0.3, -0.25) is 4.90 Å². The molecule has 20 heavy (non-hydrogen) atoms. The van der Waals surface area contributed by atoms with Crippen molar-refractivity contribution in [2.45, 2.75) is 19.3 Å². The number of piperidine rings is 1. The van der Waals surface area contributed by atoms with Gasteiger partial charge >= 0.3 is 0 Å². The van der Waals surface area contributed by atoms with Crippen LogP contribution in [0.2, 0.25) is 0 Å². The monoisotopic (exact) mass is 269 g/mol. The lowest BCUT2D eigenvalue weighted by atomic mass is 10.1. The lowest BCUT2D eigenvalue weighted by Gasteiger charge is -2.26. The molecular weight excluding hydrogens is 250 g/mol. The maximum atomic E-state index is 4.36. The fourth-order valence-corrected chi connectivity index (χ4v) is 2.39. The van der Waals surface area contributed by atoms with E-state index in [0.29, 0.717) is 5.82 Å². The van der Waals surface area contributed by atoms with E-state index in [4.69, 9.17) is 0 Å². The molecule has 1 fully saturated rings. The molecular formula is C15H19N5. The molecule has 0 spiro atoms. The number of nitrogens with zero attached hydrogens (tertiary/aromatic N) is 4. The van der Waals surface area contributed by atoms with Crippen LogP contribution in [0.5, 0.6) is 0 Å². The number of aromatic nitrogens is 3. The molecule has 2 aromatic rings. The second-order valence-electron chi connectivity index (χ2n) is 5.05. The Morgan fingerprint density at radius 1 is 1.00 bits per heavy atom. The summed E-state index contributed by atoms with van der Waals surface area (Å²) in [6.07, 6.45) is 5.68. The van der Waals surface area contributed by atoms with Crippen LogP contribution in [0.3, 0.4) is 0 Å². The molecule has 0 radical (unpaired) electrons. The van der Waals surface area contributed by atoms with Crippen LogP contribution in [0.1, 0.15) is 19.3 Å². The largest absolute Gasteiger partial charge is 0.355 e. The molecule has 104 valence electrons. The molecule has 0 aliphatic carbocycles. The second-order valence-corrected chi connectivity index (χ2v) is 5.05. The summed E-state index contributed by atoms with van der Waals surface area (Å²) in [5, 5.41) is 11.6. The summed E-state index contributed by atoms with van der Waals surface area (Å²) < 4.78 is 0. The maximum absolute atomic E-state index is 4.36. The third-order valence-corrected chi connectivity index (χ3v) is 3.53. The molecule has 0 saturated carbocycles. The summed E-state index contributed by atoms with van der Waals surface area (Å²) in [4.78, 5) is 6.76. The normalized spacial score (nSPS) is 16.0. The third kappa shape index (κ3) is 3.30. The minimum absolute atomic E-state index is 0.661. The lowest BCUT2D eigenvalue weighted by Crippen LogP contribution is -2.34. The molecule has 1 aromatic carbocycles. The highest BCUT2D eigenvalue weighted by atomic mass is 15.3. The SMILES string of the molecule is c1ccc(-c2ncc(NCN3CCCCC3)nn2)cc1. The summed E-state index contributed by atoms with van der Waals surface area (Å²) in [5.74, 6) is 1.39. The summed E-state index contributed by atoms with van der Waals surface area (Å²) in [6.45, 7) is 3.15. The van der Waals surface area contributed by atoms with Crippen molar-refractivity contribution in [2.75, 3.05) is 25.1 Å². The van der Waals surface area contributed by atoms with Gasteiger partial charge in [0.1, 0.15) is 0 Å².